The van der Waals surface area contributed by atoms with Crippen LogP contribution < -0.4 is 5.32 Å². The fourth-order valence-electron chi connectivity index (χ4n) is 2.90. The molecule has 0 fully saturated rings. The molecular formula is C20H17N3O3S3. The number of thioether (sulfide) groups is 1. The van der Waals surface area contributed by atoms with Gasteiger partial charge in [-0.2, -0.15) is 0 Å². The molecule has 148 valence electrons. The number of aryl methyl sites for hydroxylation is 1. The molecule has 2 heterocycles. The van der Waals surface area contributed by atoms with E-state index in [2.05, 4.69) is 15.5 Å². The fourth-order valence-corrected chi connectivity index (χ4v) is 5.44. The second-order valence-corrected chi connectivity index (χ2v) is 9.94. The molecular weight excluding hydrogens is 426 g/mol. The number of para-hydroxylation sites is 2. The van der Waals surface area contributed by atoms with Gasteiger partial charge in [0.1, 0.15) is 10.6 Å². The standard InChI is InChI=1S/C20H17N3O3S3/c1-12-22-23-20(28-12)27-11-14-13-7-3-5-9-16(13)26-18(14)19(24)21-15-8-4-6-10-17(15)29(2)25/h3-10H,11H2,1-2H3,(H,21,24)/t29-/m1/s1. The molecule has 0 spiro atoms. The number of aromatic nitrogens is 2. The van der Waals surface area contributed by atoms with E-state index in [0.29, 0.717) is 21.9 Å². The summed E-state index contributed by atoms with van der Waals surface area (Å²) in [6.07, 6.45) is 1.58. The largest absolute Gasteiger partial charge is 0.451 e. The molecule has 0 unspecified atom stereocenters. The number of rotatable bonds is 6. The Labute approximate surface area is 178 Å². The summed E-state index contributed by atoms with van der Waals surface area (Å²) in [7, 11) is -1.22. The summed E-state index contributed by atoms with van der Waals surface area (Å²) in [5, 5.41) is 12.8. The van der Waals surface area contributed by atoms with E-state index in [9.17, 15) is 9.00 Å². The first-order chi connectivity index (χ1) is 14.0. The lowest BCUT2D eigenvalue weighted by Crippen LogP contribution is -2.14. The number of nitrogens with one attached hydrogen (secondary N) is 1. The molecule has 4 rings (SSSR count). The van der Waals surface area contributed by atoms with E-state index < -0.39 is 10.8 Å². The Hall–Kier alpha value is -2.49. The quantitative estimate of drug-likeness (QED) is 0.428. The van der Waals surface area contributed by atoms with E-state index in [4.69, 9.17) is 4.42 Å². The van der Waals surface area contributed by atoms with Gasteiger partial charge in [0.05, 0.1) is 21.4 Å². The molecule has 9 heteroatoms. The van der Waals surface area contributed by atoms with E-state index in [-0.39, 0.29) is 11.7 Å². The third kappa shape index (κ3) is 4.26. The molecule has 1 amide bonds. The maximum atomic E-state index is 13.1. The van der Waals surface area contributed by atoms with E-state index in [1.165, 1.54) is 23.1 Å². The molecule has 1 N–H and O–H groups in total. The lowest BCUT2D eigenvalue weighted by molar-refractivity contribution is 0.0997. The maximum Gasteiger partial charge on any atom is 0.291 e. The number of hydrogen-bond donors (Lipinski definition) is 1. The smallest absolute Gasteiger partial charge is 0.291 e. The fraction of sp³-hybridized carbons (Fsp3) is 0.150. The van der Waals surface area contributed by atoms with Crippen LogP contribution in [-0.4, -0.2) is 26.6 Å². The molecule has 1 atom stereocenters. The van der Waals surface area contributed by atoms with Gasteiger partial charge in [0.15, 0.2) is 10.1 Å². The van der Waals surface area contributed by atoms with Gasteiger partial charge in [0.2, 0.25) is 0 Å². The van der Waals surface area contributed by atoms with Crippen molar-refractivity contribution in [2.24, 2.45) is 0 Å². The first-order valence-corrected chi connectivity index (χ1v) is 12.1. The Bertz CT molecular complexity index is 1220. The van der Waals surface area contributed by atoms with Gasteiger partial charge in [0.25, 0.3) is 5.91 Å². The highest BCUT2D eigenvalue weighted by atomic mass is 32.2. The molecule has 0 radical (unpaired) electrons. The first-order valence-electron chi connectivity index (χ1n) is 8.70. The van der Waals surface area contributed by atoms with Gasteiger partial charge in [-0.25, -0.2) is 0 Å². The van der Waals surface area contributed by atoms with Crippen LogP contribution in [-0.2, 0) is 16.6 Å². The summed E-state index contributed by atoms with van der Waals surface area (Å²) in [4.78, 5) is 13.6. The number of carbonyl (C=O) groups excluding carboxylic acids is 1. The monoisotopic (exact) mass is 443 g/mol. The number of anilines is 1. The summed E-state index contributed by atoms with van der Waals surface area (Å²) >= 11 is 3.03. The Morgan fingerprint density at radius 2 is 1.93 bits per heavy atom. The van der Waals surface area contributed by atoms with Crippen molar-refractivity contribution in [1.29, 1.82) is 0 Å². The van der Waals surface area contributed by atoms with Gasteiger partial charge >= 0.3 is 0 Å². The maximum absolute atomic E-state index is 13.1. The molecule has 0 saturated carbocycles. The Morgan fingerprint density at radius 3 is 2.69 bits per heavy atom. The summed E-state index contributed by atoms with van der Waals surface area (Å²) < 4.78 is 18.7. The van der Waals surface area contributed by atoms with E-state index >= 15 is 0 Å². The zero-order chi connectivity index (χ0) is 20.4. The van der Waals surface area contributed by atoms with Crippen molar-refractivity contribution in [1.82, 2.24) is 10.2 Å². The van der Waals surface area contributed by atoms with Crippen LogP contribution in [0, 0.1) is 6.92 Å². The minimum absolute atomic E-state index is 0.247. The van der Waals surface area contributed by atoms with Crippen LogP contribution in [0.15, 0.2) is 62.2 Å². The third-order valence-corrected chi connectivity index (χ3v) is 7.17. The topological polar surface area (TPSA) is 85.1 Å². The molecule has 0 aliphatic carbocycles. The van der Waals surface area contributed by atoms with Crippen LogP contribution in [0.3, 0.4) is 0 Å². The second-order valence-electron chi connectivity index (χ2n) is 6.19. The summed E-state index contributed by atoms with van der Waals surface area (Å²) in [5.41, 5.74) is 1.96. The number of nitrogens with zero attached hydrogens (tertiary/aromatic N) is 2. The van der Waals surface area contributed by atoms with Crippen LogP contribution in [0.5, 0.6) is 0 Å². The summed E-state index contributed by atoms with van der Waals surface area (Å²) in [6.45, 7) is 1.91. The van der Waals surface area contributed by atoms with Crippen molar-refractivity contribution in [2.75, 3.05) is 11.6 Å². The van der Waals surface area contributed by atoms with Crippen LogP contribution in [0.2, 0.25) is 0 Å². The number of hydrogen-bond acceptors (Lipinski definition) is 7. The first kappa shape index (κ1) is 19.8. The van der Waals surface area contributed by atoms with Crippen LogP contribution in [0.4, 0.5) is 5.69 Å². The zero-order valence-electron chi connectivity index (χ0n) is 15.7. The third-order valence-electron chi connectivity index (χ3n) is 4.20. The van der Waals surface area contributed by atoms with Crippen molar-refractivity contribution < 1.29 is 13.4 Å². The van der Waals surface area contributed by atoms with Crippen molar-refractivity contribution in [3.05, 3.63) is 64.9 Å². The van der Waals surface area contributed by atoms with E-state index in [1.54, 1.807) is 30.5 Å². The van der Waals surface area contributed by atoms with E-state index in [1.807, 2.05) is 31.2 Å². The van der Waals surface area contributed by atoms with Gasteiger partial charge in [-0.05, 0) is 25.1 Å². The predicted octanol–water partition coefficient (Wildman–Crippen LogP) is 4.87. The second kappa shape index (κ2) is 8.48. The van der Waals surface area contributed by atoms with Crippen molar-refractivity contribution >= 4 is 56.5 Å². The molecule has 6 nitrogen and oxygen atoms in total. The lowest BCUT2D eigenvalue weighted by atomic mass is 10.1. The average molecular weight is 444 g/mol. The molecule has 0 aliphatic rings. The molecule has 0 bridgehead atoms. The van der Waals surface area contributed by atoms with Gasteiger partial charge < -0.3 is 9.73 Å². The zero-order valence-corrected chi connectivity index (χ0v) is 18.1. The molecule has 2 aromatic heterocycles. The average Bonchev–Trinajstić information content (AvgIpc) is 3.30. The van der Waals surface area contributed by atoms with Crippen LogP contribution >= 0.6 is 23.1 Å². The highest BCUT2D eigenvalue weighted by Crippen LogP contribution is 2.33. The number of amides is 1. The number of carbonyl (C=O) groups is 1. The Balaban J connectivity index is 1.67. The van der Waals surface area contributed by atoms with Crippen molar-refractivity contribution in [3.63, 3.8) is 0 Å². The SMILES string of the molecule is Cc1nnc(SCc2c(C(=O)Nc3ccccc3[S@@](C)=O)oc3ccccc23)s1. The molecule has 4 aromatic rings. The molecule has 2 aromatic carbocycles. The molecule has 29 heavy (non-hydrogen) atoms. The number of benzene rings is 2. The number of fused-ring (bicyclic) bond motifs is 1. The van der Waals surface area contributed by atoms with Gasteiger partial charge in [-0.3, -0.25) is 9.00 Å². The summed E-state index contributed by atoms with van der Waals surface area (Å²) in [6, 6.07) is 14.6. The van der Waals surface area contributed by atoms with E-state index in [0.717, 1.165) is 20.3 Å². The highest BCUT2D eigenvalue weighted by molar-refractivity contribution is 8.00. The Morgan fingerprint density at radius 1 is 1.17 bits per heavy atom. The van der Waals surface area contributed by atoms with Gasteiger partial charge in [0, 0.05) is 23.0 Å². The molecule has 0 aliphatic heterocycles. The lowest BCUT2D eigenvalue weighted by Gasteiger charge is -2.09. The summed E-state index contributed by atoms with van der Waals surface area (Å²) in [5.74, 6) is 0.398. The van der Waals surface area contributed by atoms with Gasteiger partial charge in [-0.1, -0.05) is 53.4 Å². The van der Waals surface area contributed by atoms with Crippen molar-refractivity contribution in [3.8, 4) is 0 Å². The van der Waals surface area contributed by atoms with Crippen LogP contribution in [0.25, 0.3) is 11.0 Å². The van der Waals surface area contributed by atoms with Gasteiger partial charge in [-0.15, -0.1) is 10.2 Å². The highest BCUT2D eigenvalue weighted by Gasteiger charge is 2.22. The minimum Gasteiger partial charge on any atom is -0.451 e. The molecule has 0 saturated heterocycles. The minimum atomic E-state index is -1.22. The number of furan rings is 1. The van der Waals surface area contributed by atoms with Crippen LogP contribution in [0.1, 0.15) is 21.1 Å². The predicted molar refractivity (Wildman–Crippen MR) is 117 cm³/mol. The van der Waals surface area contributed by atoms with Crippen molar-refractivity contribution in [2.45, 2.75) is 21.9 Å². The Kier molecular flexibility index (Phi) is 5.79. The normalized spacial score (nSPS) is 12.2.